The molecule has 1 N–H and O–H groups in total. The molecule has 0 radical (unpaired) electrons. The third-order valence-electron chi connectivity index (χ3n) is 4.34. The van der Waals surface area contributed by atoms with Crippen LogP contribution in [0.15, 0.2) is 72.1 Å². The van der Waals surface area contributed by atoms with Gasteiger partial charge in [0.15, 0.2) is 0 Å². The SMILES string of the molecule is CN(Cc1ccc(OC(F)F)cc1)C(=O)[C@H](NC(=O)c1cccs1)c1ccccc1. The molecule has 0 aliphatic heterocycles. The monoisotopic (exact) mass is 430 g/mol. The molecule has 2 amide bonds. The fourth-order valence-corrected chi connectivity index (χ4v) is 3.52. The van der Waals surface area contributed by atoms with E-state index in [-0.39, 0.29) is 24.1 Å². The number of alkyl halides is 2. The number of ether oxygens (including phenoxy) is 1. The number of nitrogens with zero attached hydrogens (tertiary/aromatic N) is 1. The van der Waals surface area contributed by atoms with Crippen molar-refractivity contribution in [1.29, 1.82) is 0 Å². The highest BCUT2D eigenvalue weighted by atomic mass is 32.1. The quantitative estimate of drug-likeness (QED) is 0.573. The largest absolute Gasteiger partial charge is 0.435 e. The Morgan fingerprint density at radius 1 is 1.03 bits per heavy atom. The summed E-state index contributed by atoms with van der Waals surface area (Å²) in [5.74, 6) is -0.568. The predicted octanol–water partition coefficient (Wildman–Crippen LogP) is 4.48. The summed E-state index contributed by atoms with van der Waals surface area (Å²) >= 11 is 1.29. The number of halogens is 2. The molecular weight excluding hydrogens is 410 g/mol. The van der Waals surface area contributed by atoms with E-state index in [0.29, 0.717) is 10.4 Å². The van der Waals surface area contributed by atoms with Crippen molar-refractivity contribution in [3.05, 3.63) is 88.1 Å². The Bertz CT molecular complexity index is 964. The van der Waals surface area contributed by atoms with Crippen LogP contribution in [-0.4, -0.2) is 30.4 Å². The van der Waals surface area contributed by atoms with Crippen LogP contribution in [0.1, 0.15) is 26.8 Å². The van der Waals surface area contributed by atoms with E-state index in [2.05, 4.69) is 10.1 Å². The lowest BCUT2D eigenvalue weighted by Crippen LogP contribution is -2.40. The third kappa shape index (κ3) is 5.64. The maximum atomic E-state index is 13.2. The highest BCUT2D eigenvalue weighted by molar-refractivity contribution is 7.12. The number of carbonyl (C=O) groups is 2. The molecule has 0 unspecified atom stereocenters. The second-order valence-corrected chi connectivity index (χ2v) is 7.46. The molecule has 8 heteroatoms. The van der Waals surface area contributed by atoms with Crippen LogP contribution < -0.4 is 10.1 Å². The molecule has 1 atom stereocenters. The van der Waals surface area contributed by atoms with Crippen molar-refractivity contribution >= 4 is 23.2 Å². The Morgan fingerprint density at radius 2 is 1.73 bits per heavy atom. The minimum absolute atomic E-state index is 0.0492. The van der Waals surface area contributed by atoms with Crippen LogP contribution in [0.2, 0.25) is 0 Å². The summed E-state index contributed by atoms with van der Waals surface area (Å²) in [4.78, 5) is 27.7. The highest BCUT2D eigenvalue weighted by Gasteiger charge is 2.26. The van der Waals surface area contributed by atoms with Gasteiger partial charge in [0.25, 0.3) is 5.91 Å². The summed E-state index contributed by atoms with van der Waals surface area (Å²) in [6.07, 6.45) is 0. The van der Waals surface area contributed by atoms with Crippen LogP contribution in [-0.2, 0) is 11.3 Å². The van der Waals surface area contributed by atoms with Gasteiger partial charge in [0.2, 0.25) is 5.91 Å². The fraction of sp³-hybridized carbons (Fsp3) is 0.182. The molecule has 156 valence electrons. The lowest BCUT2D eigenvalue weighted by molar-refractivity contribution is -0.132. The summed E-state index contributed by atoms with van der Waals surface area (Å²) in [6, 6.07) is 17.7. The van der Waals surface area contributed by atoms with Gasteiger partial charge in [0.05, 0.1) is 4.88 Å². The summed E-state index contributed by atoms with van der Waals surface area (Å²) in [5, 5.41) is 4.60. The summed E-state index contributed by atoms with van der Waals surface area (Å²) in [5.41, 5.74) is 1.41. The molecule has 1 heterocycles. The highest BCUT2D eigenvalue weighted by Crippen LogP contribution is 2.20. The van der Waals surface area contributed by atoms with Gasteiger partial charge in [0, 0.05) is 13.6 Å². The minimum Gasteiger partial charge on any atom is -0.435 e. The molecule has 2 aromatic carbocycles. The van der Waals surface area contributed by atoms with Crippen molar-refractivity contribution in [2.75, 3.05) is 7.05 Å². The van der Waals surface area contributed by atoms with Gasteiger partial charge in [-0.3, -0.25) is 9.59 Å². The second kappa shape index (κ2) is 9.98. The molecule has 5 nitrogen and oxygen atoms in total. The third-order valence-corrected chi connectivity index (χ3v) is 5.21. The standard InChI is InChI=1S/C22H20F2N2O3S/c1-26(14-15-9-11-17(12-10-15)29-22(23)24)21(28)19(16-6-3-2-4-7-16)25-20(27)18-8-5-13-30-18/h2-13,19,22H,14H2,1H3,(H,25,27)/t19-/m1/s1. The van der Waals surface area contributed by atoms with Gasteiger partial charge < -0.3 is 15.0 Å². The van der Waals surface area contributed by atoms with Crippen molar-refractivity contribution in [3.63, 3.8) is 0 Å². The molecular formula is C22H20F2N2O3S. The van der Waals surface area contributed by atoms with E-state index in [0.717, 1.165) is 5.56 Å². The number of carbonyl (C=O) groups excluding carboxylic acids is 2. The van der Waals surface area contributed by atoms with Gasteiger partial charge in [-0.25, -0.2) is 0 Å². The van der Waals surface area contributed by atoms with Crippen molar-refractivity contribution in [1.82, 2.24) is 10.2 Å². The van der Waals surface area contributed by atoms with Gasteiger partial charge in [-0.1, -0.05) is 48.5 Å². The Labute approximate surface area is 176 Å². The molecule has 30 heavy (non-hydrogen) atoms. The van der Waals surface area contributed by atoms with Crippen molar-refractivity contribution in [2.24, 2.45) is 0 Å². The minimum atomic E-state index is -2.89. The number of thiophene rings is 1. The molecule has 0 aliphatic carbocycles. The molecule has 0 saturated carbocycles. The van der Waals surface area contributed by atoms with Crippen LogP contribution in [0, 0.1) is 0 Å². The van der Waals surface area contributed by atoms with Crippen molar-refractivity contribution in [2.45, 2.75) is 19.2 Å². The van der Waals surface area contributed by atoms with Crippen LogP contribution >= 0.6 is 11.3 Å². The van der Waals surface area contributed by atoms with E-state index in [1.54, 1.807) is 61.0 Å². The Morgan fingerprint density at radius 3 is 2.33 bits per heavy atom. The summed E-state index contributed by atoms with van der Waals surface area (Å²) < 4.78 is 28.9. The number of hydrogen-bond donors (Lipinski definition) is 1. The lowest BCUT2D eigenvalue weighted by Gasteiger charge is -2.25. The van der Waals surface area contributed by atoms with E-state index < -0.39 is 12.7 Å². The normalized spacial score (nSPS) is 11.7. The number of likely N-dealkylation sites (N-methyl/N-ethyl adjacent to an activating group) is 1. The number of nitrogens with one attached hydrogen (secondary N) is 1. The van der Waals surface area contributed by atoms with E-state index in [1.165, 1.54) is 28.4 Å². The first kappa shape index (κ1) is 21.4. The molecule has 3 rings (SSSR count). The van der Waals surface area contributed by atoms with Crippen LogP contribution in [0.25, 0.3) is 0 Å². The number of benzene rings is 2. The Kier molecular flexibility index (Phi) is 7.13. The summed E-state index contributed by atoms with van der Waals surface area (Å²) in [7, 11) is 1.62. The molecule has 0 saturated heterocycles. The van der Waals surface area contributed by atoms with E-state index in [4.69, 9.17) is 0 Å². The zero-order valence-electron chi connectivity index (χ0n) is 16.1. The molecule has 0 spiro atoms. The molecule has 1 aromatic heterocycles. The first-order chi connectivity index (χ1) is 14.4. The maximum Gasteiger partial charge on any atom is 0.387 e. The average Bonchev–Trinajstić information content (AvgIpc) is 3.28. The summed E-state index contributed by atoms with van der Waals surface area (Å²) in [6.45, 7) is -2.65. The van der Waals surface area contributed by atoms with Gasteiger partial charge in [-0.05, 0) is 34.7 Å². The number of amides is 2. The Hall–Kier alpha value is -3.26. The van der Waals surface area contributed by atoms with Gasteiger partial charge in [-0.15, -0.1) is 11.3 Å². The van der Waals surface area contributed by atoms with Gasteiger partial charge >= 0.3 is 6.61 Å². The van der Waals surface area contributed by atoms with E-state index >= 15 is 0 Å². The fourth-order valence-electron chi connectivity index (χ4n) is 2.89. The van der Waals surface area contributed by atoms with Gasteiger partial charge in [0.1, 0.15) is 11.8 Å². The zero-order chi connectivity index (χ0) is 21.5. The maximum absolute atomic E-state index is 13.2. The van der Waals surface area contributed by atoms with E-state index in [9.17, 15) is 18.4 Å². The van der Waals surface area contributed by atoms with Crippen LogP contribution in [0.3, 0.4) is 0 Å². The molecule has 0 fully saturated rings. The smallest absolute Gasteiger partial charge is 0.387 e. The topological polar surface area (TPSA) is 58.6 Å². The first-order valence-corrected chi connectivity index (χ1v) is 10.00. The first-order valence-electron chi connectivity index (χ1n) is 9.12. The van der Waals surface area contributed by atoms with E-state index in [1.807, 2.05) is 6.07 Å². The molecule has 0 aliphatic rings. The predicted molar refractivity (Wildman–Crippen MR) is 111 cm³/mol. The number of rotatable bonds is 8. The lowest BCUT2D eigenvalue weighted by atomic mass is 10.0. The van der Waals surface area contributed by atoms with Crippen molar-refractivity contribution < 1.29 is 23.1 Å². The van der Waals surface area contributed by atoms with Crippen LogP contribution in [0.4, 0.5) is 8.78 Å². The second-order valence-electron chi connectivity index (χ2n) is 6.51. The molecule has 3 aromatic rings. The molecule has 0 bridgehead atoms. The van der Waals surface area contributed by atoms with Crippen LogP contribution in [0.5, 0.6) is 5.75 Å². The van der Waals surface area contributed by atoms with Gasteiger partial charge in [-0.2, -0.15) is 8.78 Å². The Balaban J connectivity index is 1.74. The zero-order valence-corrected chi connectivity index (χ0v) is 16.9. The average molecular weight is 430 g/mol. The number of hydrogen-bond acceptors (Lipinski definition) is 4. The van der Waals surface area contributed by atoms with Crippen molar-refractivity contribution in [3.8, 4) is 5.75 Å².